The van der Waals surface area contributed by atoms with Crippen molar-refractivity contribution in [1.82, 2.24) is 19.9 Å². The maximum Gasteiger partial charge on any atom is 0.573 e. The second-order valence-electron chi connectivity index (χ2n) is 9.11. The van der Waals surface area contributed by atoms with Gasteiger partial charge in [-0.1, -0.05) is 6.07 Å². The van der Waals surface area contributed by atoms with E-state index < -0.39 is 23.9 Å². The lowest BCUT2D eigenvalue weighted by atomic mass is 9.85. The first kappa shape index (κ1) is 25.4. The lowest BCUT2D eigenvalue weighted by Crippen LogP contribution is -2.25. The number of H-pyrrole nitrogens is 1. The van der Waals surface area contributed by atoms with Gasteiger partial charge in [0.15, 0.2) is 0 Å². The van der Waals surface area contributed by atoms with E-state index in [2.05, 4.69) is 24.7 Å². The number of carboxylic acid groups (broad SMARTS) is 1. The van der Waals surface area contributed by atoms with Gasteiger partial charge in [0.1, 0.15) is 23.5 Å². The highest BCUT2D eigenvalue weighted by molar-refractivity contribution is 5.81. The standard InChI is InChI=1S/C26H22F4N4O4/c27-19-10-15(22-12-32-23(13-31-22)37-16-4-1-14(2-5-16)9-24(35)36)3-7-18(19)25-33-20-8-6-17(11-21(20)34-25)38-26(28,29)30/h3,6-8,10-14,16H,1-2,4-5,9H2,(H,33,34)(H,35,36). The Balaban J connectivity index is 1.26. The van der Waals surface area contributed by atoms with Gasteiger partial charge in [-0.3, -0.25) is 4.79 Å². The average molecular weight is 530 g/mol. The van der Waals surface area contributed by atoms with Crippen molar-refractivity contribution in [3.8, 4) is 34.3 Å². The number of aliphatic carboxylic acids is 1. The van der Waals surface area contributed by atoms with Gasteiger partial charge in [0.05, 0.1) is 34.7 Å². The Bertz CT molecular complexity index is 1450. The van der Waals surface area contributed by atoms with Crippen molar-refractivity contribution in [3.05, 3.63) is 54.6 Å². The fourth-order valence-electron chi connectivity index (χ4n) is 4.58. The first-order chi connectivity index (χ1) is 18.1. The number of hydrogen-bond acceptors (Lipinski definition) is 6. The van der Waals surface area contributed by atoms with Gasteiger partial charge < -0.3 is 19.6 Å². The number of imidazole rings is 1. The van der Waals surface area contributed by atoms with Gasteiger partial charge in [-0.25, -0.2) is 19.3 Å². The number of rotatable bonds is 7. The van der Waals surface area contributed by atoms with Crippen LogP contribution in [0.2, 0.25) is 0 Å². The van der Waals surface area contributed by atoms with Crippen LogP contribution in [0.4, 0.5) is 17.6 Å². The Labute approximate surface area is 213 Å². The van der Waals surface area contributed by atoms with Crippen molar-refractivity contribution in [2.75, 3.05) is 0 Å². The van der Waals surface area contributed by atoms with Gasteiger partial charge in [0.2, 0.25) is 5.88 Å². The van der Waals surface area contributed by atoms with Gasteiger partial charge in [0.25, 0.3) is 0 Å². The number of aromatic nitrogens is 4. The summed E-state index contributed by atoms with van der Waals surface area (Å²) in [6.45, 7) is 0. The van der Waals surface area contributed by atoms with Crippen molar-refractivity contribution in [1.29, 1.82) is 0 Å². The summed E-state index contributed by atoms with van der Waals surface area (Å²) in [5, 5.41) is 8.93. The molecule has 38 heavy (non-hydrogen) atoms. The SMILES string of the molecule is O=C(O)CC1CCC(Oc2cnc(-c3ccc(-c4nc5ccc(OC(F)(F)F)cc5[nH]4)c(F)c3)cn2)CC1. The van der Waals surface area contributed by atoms with Crippen molar-refractivity contribution in [2.24, 2.45) is 5.92 Å². The van der Waals surface area contributed by atoms with E-state index in [0.717, 1.165) is 37.8 Å². The van der Waals surface area contributed by atoms with E-state index in [1.807, 2.05) is 0 Å². The van der Waals surface area contributed by atoms with E-state index in [4.69, 9.17) is 9.84 Å². The largest absolute Gasteiger partial charge is 0.573 e. The molecule has 0 spiro atoms. The molecule has 8 nitrogen and oxygen atoms in total. The molecule has 2 aromatic heterocycles. The number of fused-ring (bicyclic) bond motifs is 1. The minimum atomic E-state index is -4.82. The molecule has 2 heterocycles. The zero-order valence-electron chi connectivity index (χ0n) is 19.8. The third-order valence-corrected chi connectivity index (χ3v) is 6.38. The van der Waals surface area contributed by atoms with E-state index in [-0.39, 0.29) is 35.3 Å². The highest BCUT2D eigenvalue weighted by Crippen LogP contribution is 2.31. The lowest BCUT2D eigenvalue weighted by Gasteiger charge is -2.27. The Morgan fingerprint density at radius 2 is 1.84 bits per heavy atom. The number of hydrogen-bond donors (Lipinski definition) is 2. The summed E-state index contributed by atoms with van der Waals surface area (Å²) in [5.74, 6) is -1.14. The molecule has 0 aliphatic heterocycles. The molecule has 1 saturated carbocycles. The van der Waals surface area contributed by atoms with Crippen LogP contribution in [-0.2, 0) is 4.79 Å². The van der Waals surface area contributed by atoms with Gasteiger partial charge >= 0.3 is 12.3 Å². The molecular weight excluding hydrogens is 508 g/mol. The normalized spacial score (nSPS) is 17.9. The first-order valence-corrected chi connectivity index (χ1v) is 11.9. The fraction of sp³-hybridized carbons (Fsp3) is 0.308. The monoisotopic (exact) mass is 530 g/mol. The van der Waals surface area contributed by atoms with E-state index in [9.17, 15) is 18.0 Å². The van der Waals surface area contributed by atoms with Crippen molar-refractivity contribution in [2.45, 2.75) is 44.6 Å². The van der Waals surface area contributed by atoms with Crippen LogP contribution in [0.1, 0.15) is 32.1 Å². The van der Waals surface area contributed by atoms with Crippen LogP contribution in [-0.4, -0.2) is 43.5 Å². The number of alkyl halides is 3. The number of aromatic amines is 1. The van der Waals surface area contributed by atoms with E-state index >= 15 is 4.39 Å². The molecule has 0 radical (unpaired) electrons. The van der Waals surface area contributed by atoms with Crippen molar-refractivity contribution < 1.29 is 36.9 Å². The summed E-state index contributed by atoms with van der Waals surface area (Å²) in [6.07, 6.45) is 1.27. The summed E-state index contributed by atoms with van der Waals surface area (Å²) in [7, 11) is 0. The lowest BCUT2D eigenvalue weighted by molar-refractivity contribution is -0.274. The molecule has 0 atom stereocenters. The Morgan fingerprint density at radius 3 is 2.50 bits per heavy atom. The molecule has 4 aromatic rings. The van der Waals surface area contributed by atoms with Crippen LogP contribution in [0.15, 0.2) is 48.8 Å². The van der Waals surface area contributed by atoms with Gasteiger partial charge in [-0.2, -0.15) is 0 Å². The minimum Gasteiger partial charge on any atom is -0.481 e. The molecule has 0 bridgehead atoms. The summed E-state index contributed by atoms with van der Waals surface area (Å²) in [4.78, 5) is 26.6. The van der Waals surface area contributed by atoms with E-state index in [1.165, 1.54) is 30.6 Å². The Hall–Kier alpha value is -4.22. The van der Waals surface area contributed by atoms with Crippen LogP contribution in [0.5, 0.6) is 11.6 Å². The minimum absolute atomic E-state index is 0.0585. The summed E-state index contributed by atoms with van der Waals surface area (Å²) in [5.41, 5.74) is 1.65. The summed E-state index contributed by atoms with van der Waals surface area (Å²) in [6, 6.07) is 8.04. The molecular formula is C26H22F4N4O4. The topological polar surface area (TPSA) is 110 Å². The van der Waals surface area contributed by atoms with Crippen LogP contribution < -0.4 is 9.47 Å². The second-order valence-corrected chi connectivity index (χ2v) is 9.11. The molecule has 2 aromatic carbocycles. The molecule has 0 saturated heterocycles. The molecule has 1 aliphatic carbocycles. The number of nitrogens with one attached hydrogen (secondary N) is 1. The van der Waals surface area contributed by atoms with E-state index in [1.54, 1.807) is 6.07 Å². The highest BCUT2D eigenvalue weighted by atomic mass is 19.4. The smallest absolute Gasteiger partial charge is 0.481 e. The number of nitrogens with zero attached hydrogens (tertiary/aromatic N) is 3. The third-order valence-electron chi connectivity index (χ3n) is 6.38. The molecule has 5 rings (SSSR count). The predicted octanol–water partition coefficient (Wildman–Crippen LogP) is 6.14. The number of carbonyl (C=O) groups is 1. The highest BCUT2D eigenvalue weighted by Gasteiger charge is 2.31. The molecule has 1 aliphatic rings. The molecule has 198 valence electrons. The van der Waals surface area contributed by atoms with Gasteiger partial charge in [0, 0.05) is 18.1 Å². The van der Waals surface area contributed by atoms with Crippen LogP contribution >= 0.6 is 0 Å². The molecule has 1 fully saturated rings. The summed E-state index contributed by atoms with van der Waals surface area (Å²) < 4.78 is 62.3. The van der Waals surface area contributed by atoms with Crippen LogP contribution in [0.25, 0.3) is 33.7 Å². The fourth-order valence-corrected chi connectivity index (χ4v) is 4.58. The Kier molecular flexibility index (Phi) is 6.87. The quantitative estimate of drug-likeness (QED) is 0.276. The van der Waals surface area contributed by atoms with Gasteiger partial charge in [-0.15, -0.1) is 13.2 Å². The Morgan fingerprint density at radius 1 is 1.05 bits per heavy atom. The zero-order chi connectivity index (χ0) is 26.9. The van der Waals surface area contributed by atoms with Crippen molar-refractivity contribution >= 4 is 17.0 Å². The average Bonchev–Trinajstić information content (AvgIpc) is 3.27. The second kappa shape index (κ2) is 10.3. The number of benzene rings is 2. The molecule has 2 N–H and O–H groups in total. The van der Waals surface area contributed by atoms with Crippen molar-refractivity contribution in [3.63, 3.8) is 0 Å². The van der Waals surface area contributed by atoms with Crippen LogP contribution in [0, 0.1) is 11.7 Å². The molecule has 12 heteroatoms. The maximum absolute atomic E-state index is 15.0. The summed E-state index contributed by atoms with van der Waals surface area (Å²) >= 11 is 0. The number of halogens is 4. The van der Waals surface area contributed by atoms with Crippen LogP contribution in [0.3, 0.4) is 0 Å². The molecule has 0 amide bonds. The zero-order valence-corrected chi connectivity index (χ0v) is 19.8. The predicted molar refractivity (Wildman–Crippen MR) is 128 cm³/mol. The molecule has 0 unspecified atom stereocenters. The third kappa shape index (κ3) is 6.01. The van der Waals surface area contributed by atoms with E-state index in [0.29, 0.717) is 22.7 Å². The first-order valence-electron chi connectivity index (χ1n) is 11.9. The van der Waals surface area contributed by atoms with Gasteiger partial charge in [-0.05, 0) is 55.9 Å². The maximum atomic E-state index is 15.0. The number of ether oxygens (including phenoxy) is 2. The number of carboxylic acids is 1.